The Morgan fingerprint density at radius 1 is 1.02 bits per heavy atom. The molecule has 15 heteroatoms. The fourth-order valence-corrected chi connectivity index (χ4v) is 6.77. The molecule has 1 amide bonds. The molecule has 2 N–H and O–H groups in total. The Morgan fingerprint density at radius 3 is 2.37 bits per heavy atom. The minimum Gasteiger partial charge on any atom is -0.478 e. The van der Waals surface area contributed by atoms with Gasteiger partial charge in [0.05, 0.1) is 22.2 Å². The number of para-hydroxylation sites is 1. The van der Waals surface area contributed by atoms with Crippen LogP contribution >= 0.6 is 0 Å². The van der Waals surface area contributed by atoms with E-state index in [0.717, 1.165) is 52.5 Å². The van der Waals surface area contributed by atoms with Crippen LogP contribution in [0, 0.1) is 0 Å². The molecule has 0 bridgehead atoms. The molecule has 2 heterocycles. The topological polar surface area (TPSA) is 142 Å². The monoisotopic (exact) mass is 657 g/mol. The number of alkyl halides is 3. The van der Waals surface area contributed by atoms with E-state index in [1.54, 1.807) is 11.0 Å². The summed E-state index contributed by atoms with van der Waals surface area (Å²) in [6.45, 7) is 2.00. The first-order chi connectivity index (χ1) is 21.9. The number of ether oxygens (including phenoxy) is 1. The van der Waals surface area contributed by atoms with Crippen LogP contribution in [0.25, 0.3) is 11.0 Å². The fourth-order valence-electron chi connectivity index (χ4n) is 5.20. The number of piperazine rings is 1. The molecule has 0 spiro atoms. The summed E-state index contributed by atoms with van der Waals surface area (Å²) in [4.78, 5) is 35.5. The van der Waals surface area contributed by atoms with Crippen LogP contribution in [-0.4, -0.2) is 71.7 Å². The number of nitrogens with zero attached hydrogens (tertiary/aromatic N) is 4. The summed E-state index contributed by atoms with van der Waals surface area (Å²) in [6.07, 6.45) is -1.68. The summed E-state index contributed by atoms with van der Waals surface area (Å²) in [7, 11) is -4.36. The van der Waals surface area contributed by atoms with Gasteiger partial charge in [-0.2, -0.15) is 4.31 Å². The first kappa shape index (κ1) is 32.6. The van der Waals surface area contributed by atoms with Crippen molar-refractivity contribution in [1.82, 2.24) is 19.6 Å². The number of hydrogen-bond donors (Lipinski definition) is 2. The first-order valence-electron chi connectivity index (χ1n) is 14.3. The number of sulfonamides is 1. The molecule has 5 rings (SSSR count). The number of aryl methyl sites for hydroxylation is 1. The molecular formula is C31H30F3N5O6S. The maximum Gasteiger partial charge on any atom is 0.573 e. The minimum atomic E-state index is -4.95. The number of rotatable bonds is 10. The highest BCUT2D eigenvalue weighted by molar-refractivity contribution is 7.89. The molecular weight excluding hydrogens is 627 g/mol. The lowest BCUT2D eigenvalue weighted by Crippen LogP contribution is -2.60. The normalized spacial score (nSPS) is 15.9. The second kappa shape index (κ2) is 13.3. The van der Waals surface area contributed by atoms with Gasteiger partial charge in [0.1, 0.15) is 23.1 Å². The highest BCUT2D eigenvalue weighted by Gasteiger charge is 2.41. The third kappa shape index (κ3) is 7.37. The molecule has 4 aromatic rings. The molecule has 242 valence electrons. The van der Waals surface area contributed by atoms with E-state index in [-0.39, 0.29) is 42.2 Å². The fraction of sp³-hybridized carbons (Fsp3) is 0.290. The van der Waals surface area contributed by atoms with Crippen LogP contribution in [0.3, 0.4) is 0 Å². The number of carboxylic acid groups (broad SMARTS) is 1. The van der Waals surface area contributed by atoms with Crippen molar-refractivity contribution in [2.24, 2.45) is 0 Å². The van der Waals surface area contributed by atoms with Gasteiger partial charge in [-0.15, -0.1) is 13.2 Å². The van der Waals surface area contributed by atoms with E-state index in [9.17, 15) is 36.3 Å². The van der Waals surface area contributed by atoms with E-state index >= 15 is 0 Å². The summed E-state index contributed by atoms with van der Waals surface area (Å²) in [5.41, 5.74) is 2.42. The molecule has 1 aliphatic heterocycles. The summed E-state index contributed by atoms with van der Waals surface area (Å²) < 4.78 is 70.3. The molecule has 1 aromatic heterocycles. The van der Waals surface area contributed by atoms with Gasteiger partial charge in [-0.05, 0) is 53.9 Å². The minimum absolute atomic E-state index is 0.0286. The molecule has 0 saturated carbocycles. The second-order valence-electron chi connectivity index (χ2n) is 10.6. The van der Waals surface area contributed by atoms with Gasteiger partial charge in [-0.25, -0.2) is 23.2 Å². The van der Waals surface area contributed by atoms with Gasteiger partial charge in [0, 0.05) is 26.2 Å². The summed E-state index contributed by atoms with van der Waals surface area (Å²) in [5.74, 6) is -2.03. The maximum atomic E-state index is 13.8. The third-order valence-electron chi connectivity index (χ3n) is 7.44. The van der Waals surface area contributed by atoms with Crippen molar-refractivity contribution in [2.45, 2.75) is 43.6 Å². The zero-order valence-electron chi connectivity index (χ0n) is 24.6. The number of aromatic nitrogens is 2. The Hall–Kier alpha value is -4.76. The number of halogens is 3. The van der Waals surface area contributed by atoms with Crippen LogP contribution in [-0.2, 0) is 27.8 Å². The van der Waals surface area contributed by atoms with Gasteiger partial charge >= 0.3 is 12.3 Å². The largest absolute Gasteiger partial charge is 0.573 e. The van der Waals surface area contributed by atoms with Crippen LogP contribution in [0.15, 0.2) is 77.8 Å². The standard InChI is InChI=1S/C31H30F3N5O6S/c1-2-4-20-7-9-21(10-8-20)17-36-29(40)26-19-38(27-18-35-28-24(30(41)42)5-3-6-25(28)37-27)15-16-39(26)46(43,44)23-13-11-22(12-14-23)45-31(32,33)34/h3,5-14,18,26H,2,4,15-17,19H2,1H3,(H,36,40)(H,41,42). The molecule has 46 heavy (non-hydrogen) atoms. The summed E-state index contributed by atoms with van der Waals surface area (Å²) in [5, 5.41) is 12.3. The highest BCUT2D eigenvalue weighted by atomic mass is 32.2. The third-order valence-corrected chi connectivity index (χ3v) is 9.36. The number of benzene rings is 3. The number of amides is 1. The average Bonchev–Trinajstić information content (AvgIpc) is 3.03. The predicted molar refractivity (Wildman–Crippen MR) is 162 cm³/mol. The van der Waals surface area contributed by atoms with E-state index in [4.69, 9.17) is 0 Å². The van der Waals surface area contributed by atoms with Gasteiger partial charge in [-0.3, -0.25) is 4.79 Å². The summed E-state index contributed by atoms with van der Waals surface area (Å²) in [6, 6.07) is 14.7. The van der Waals surface area contributed by atoms with Crippen molar-refractivity contribution in [2.75, 3.05) is 24.5 Å². The van der Waals surface area contributed by atoms with Gasteiger partial charge in [0.2, 0.25) is 15.9 Å². The molecule has 0 aliphatic carbocycles. The number of hydrogen-bond acceptors (Lipinski definition) is 8. The zero-order chi connectivity index (χ0) is 33.1. The Balaban J connectivity index is 1.42. The quantitative estimate of drug-likeness (QED) is 0.254. The number of carboxylic acids is 1. The molecule has 1 aliphatic rings. The van der Waals surface area contributed by atoms with Crippen LogP contribution in [0.2, 0.25) is 0 Å². The molecule has 1 atom stereocenters. The number of fused-ring (bicyclic) bond motifs is 1. The Kier molecular flexibility index (Phi) is 9.44. The van der Waals surface area contributed by atoms with Crippen LogP contribution in [0.1, 0.15) is 34.8 Å². The SMILES string of the molecule is CCCc1ccc(CNC(=O)C2CN(c3cnc4c(C(=O)O)cccc4n3)CCN2S(=O)(=O)c2ccc(OC(F)(F)F)cc2)cc1. The number of anilines is 1. The predicted octanol–water partition coefficient (Wildman–Crippen LogP) is 4.38. The number of carbonyl (C=O) groups is 2. The molecule has 3 aromatic carbocycles. The molecule has 1 fully saturated rings. The highest BCUT2D eigenvalue weighted by Crippen LogP contribution is 2.28. The van der Waals surface area contributed by atoms with Crippen molar-refractivity contribution < 1.29 is 41.0 Å². The summed E-state index contributed by atoms with van der Waals surface area (Å²) >= 11 is 0. The van der Waals surface area contributed by atoms with Crippen LogP contribution < -0.4 is 15.0 Å². The van der Waals surface area contributed by atoms with Gasteiger partial charge in [0.15, 0.2) is 0 Å². The Bertz CT molecular complexity index is 1840. The van der Waals surface area contributed by atoms with Gasteiger partial charge < -0.3 is 20.1 Å². The maximum absolute atomic E-state index is 13.8. The zero-order valence-corrected chi connectivity index (χ0v) is 25.4. The van der Waals surface area contributed by atoms with Crippen molar-refractivity contribution in [3.8, 4) is 5.75 Å². The van der Waals surface area contributed by atoms with Gasteiger partial charge in [-0.1, -0.05) is 43.7 Å². The Labute approximate surface area is 262 Å². The van der Waals surface area contributed by atoms with Crippen molar-refractivity contribution in [3.63, 3.8) is 0 Å². The van der Waals surface area contributed by atoms with Crippen molar-refractivity contribution in [3.05, 3.63) is 89.6 Å². The van der Waals surface area contributed by atoms with Crippen molar-refractivity contribution in [1.29, 1.82) is 0 Å². The van der Waals surface area contributed by atoms with Crippen LogP contribution in [0.4, 0.5) is 19.0 Å². The lowest BCUT2D eigenvalue weighted by Gasteiger charge is -2.40. The lowest BCUT2D eigenvalue weighted by atomic mass is 10.1. The van der Waals surface area contributed by atoms with Gasteiger partial charge in [0.25, 0.3) is 0 Å². The van der Waals surface area contributed by atoms with E-state index in [2.05, 4.69) is 26.9 Å². The number of aromatic carboxylic acids is 1. The van der Waals surface area contributed by atoms with E-state index < -0.39 is 40.1 Å². The lowest BCUT2D eigenvalue weighted by molar-refractivity contribution is -0.274. The van der Waals surface area contributed by atoms with E-state index in [1.807, 2.05) is 24.3 Å². The molecule has 0 radical (unpaired) electrons. The van der Waals surface area contributed by atoms with Crippen molar-refractivity contribution >= 4 is 38.8 Å². The molecule has 11 nitrogen and oxygen atoms in total. The van der Waals surface area contributed by atoms with Crippen LogP contribution in [0.5, 0.6) is 5.75 Å². The number of nitrogens with one attached hydrogen (secondary N) is 1. The molecule has 1 saturated heterocycles. The average molecular weight is 658 g/mol. The molecule has 1 unspecified atom stereocenters. The van der Waals surface area contributed by atoms with E-state index in [1.165, 1.54) is 18.3 Å². The number of carbonyl (C=O) groups excluding carboxylic acids is 1. The second-order valence-corrected chi connectivity index (χ2v) is 12.5. The smallest absolute Gasteiger partial charge is 0.478 e. The Morgan fingerprint density at radius 2 is 1.72 bits per heavy atom. The first-order valence-corrected chi connectivity index (χ1v) is 15.8. The van der Waals surface area contributed by atoms with E-state index in [0.29, 0.717) is 11.3 Å².